The fraction of sp³-hybridized carbons (Fsp3) is 0.458. The number of rotatable bonds is 6. The van der Waals surface area contributed by atoms with E-state index in [0.717, 1.165) is 32.4 Å². The second-order valence-corrected chi connectivity index (χ2v) is 8.65. The zero-order valence-electron chi connectivity index (χ0n) is 16.6. The van der Waals surface area contributed by atoms with Crippen LogP contribution in [0.15, 0.2) is 60.7 Å². The average molecular weight is 365 g/mol. The summed E-state index contributed by atoms with van der Waals surface area (Å²) in [6.45, 7) is 5.88. The molecule has 27 heavy (non-hydrogen) atoms. The smallest absolute Gasteiger partial charge is 0.222 e. The van der Waals surface area contributed by atoms with Crippen molar-refractivity contribution < 1.29 is 4.79 Å². The van der Waals surface area contributed by atoms with Crippen LogP contribution in [0, 0.1) is 11.3 Å². The zero-order chi connectivity index (χ0) is 19.3. The molecule has 1 saturated heterocycles. The fourth-order valence-corrected chi connectivity index (χ4v) is 4.07. The fourth-order valence-electron chi connectivity index (χ4n) is 4.07. The number of carbonyl (C=O) groups is 1. The number of amides is 1. The van der Waals surface area contributed by atoms with Crippen molar-refractivity contribution >= 4 is 5.91 Å². The highest BCUT2D eigenvalue weighted by Gasteiger charge is 2.35. The summed E-state index contributed by atoms with van der Waals surface area (Å²) in [5.74, 6) is 0.577. The van der Waals surface area contributed by atoms with Gasteiger partial charge in [0.2, 0.25) is 5.91 Å². The number of benzene rings is 2. The Kier molecular flexibility index (Phi) is 6.33. The molecule has 0 spiro atoms. The van der Waals surface area contributed by atoms with Gasteiger partial charge in [-0.05, 0) is 41.7 Å². The van der Waals surface area contributed by atoms with Gasteiger partial charge in [0.05, 0.1) is 0 Å². The zero-order valence-corrected chi connectivity index (χ0v) is 16.6. The van der Waals surface area contributed by atoms with Crippen LogP contribution >= 0.6 is 0 Å². The second kappa shape index (κ2) is 8.71. The molecule has 2 N–H and O–H groups in total. The quantitative estimate of drug-likeness (QED) is 0.840. The Hall–Kier alpha value is -2.13. The summed E-state index contributed by atoms with van der Waals surface area (Å²) >= 11 is 0. The van der Waals surface area contributed by atoms with E-state index < -0.39 is 0 Å². The van der Waals surface area contributed by atoms with Crippen LogP contribution < -0.4 is 5.73 Å². The Labute approximate surface area is 163 Å². The molecule has 0 saturated carbocycles. The van der Waals surface area contributed by atoms with E-state index >= 15 is 0 Å². The monoisotopic (exact) mass is 364 g/mol. The maximum Gasteiger partial charge on any atom is 0.222 e. The first kappa shape index (κ1) is 19.6. The lowest BCUT2D eigenvalue weighted by Gasteiger charge is -2.43. The molecule has 1 amide bonds. The predicted octanol–water partition coefficient (Wildman–Crippen LogP) is 4.06. The van der Waals surface area contributed by atoms with Crippen LogP contribution in [0.5, 0.6) is 0 Å². The van der Waals surface area contributed by atoms with E-state index in [1.807, 2.05) is 17.0 Å². The Balaban J connectivity index is 1.69. The Morgan fingerprint density at radius 3 is 2.04 bits per heavy atom. The Morgan fingerprint density at radius 2 is 1.56 bits per heavy atom. The highest BCUT2D eigenvalue weighted by Crippen LogP contribution is 2.29. The van der Waals surface area contributed by atoms with Gasteiger partial charge in [0.25, 0.3) is 0 Å². The topological polar surface area (TPSA) is 46.3 Å². The third kappa shape index (κ3) is 5.43. The van der Waals surface area contributed by atoms with Gasteiger partial charge < -0.3 is 10.6 Å². The number of nitrogens with two attached hydrogens (primary N) is 1. The van der Waals surface area contributed by atoms with Gasteiger partial charge in [0.1, 0.15) is 0 Å². The highest BCUT2D eigenvalue weighted by molar-refractivity contribution is 5.76. The van der Waals surface area contributed by atoms with Crippen molar-refractivity contribution in [2.75, 3.05) is 13.1 Å². The molecule has 2 aromatic carbocycles. The Morgan fingerprint density at radius 1 is 1.04 bits per heavy atom. The highest BCUT2D eigenvalue weighted by atomic mass is 16.2. The standard InChI is InChI=1S/C24H32N2O/c1-24(2)18-26(14-13-22(24)25)23(27)17-21(15-19-9-5-3-6-10-19)16-20-11-7-4-8-12-20/h3-12,21-22H,13-18,25H2,1-2H3. The average Bonchev–Trinajstić information content (AvgIpc) is 2.65. The number of hydrogen-bond donors (Lipinski definition) is 1. The molecule has 1 fully saturated rings. The first-order valence-electron chi connectivity index (χ1n) is 10.1. The van der Waals surface area contributed by atoms with Crippen LogP contribution in [0.1, 0.15) is 37.8 Å². The molecule has 144 valence electrons. The predicted molar refractivity (Wildman–Crippen MR) is 111 cm³/mol. The summed E-state index contributed by atoms with van der Waals surface area (Å²) < 4.78 is 0. The minimum absolute atomic E-state index is 0.0116. The van der Waals surface area contributed by atoms with E-state index in [9.17, 15) is 4.79 Å². The largest absolute Gasteiger partial charge is 0.342 e. The van der Waals surface area contributed by atoms with Crippen molar-refractivity contribution in [3.8, 4) is 0 Å². The molecule has 1 unspecified atom stereocenters. The van der Waals surface area contributed by atoms with Gasteiger partial charge in [-0.25, -0.2) is 0 Å². The molecular formula is C24H32N2O. The summed E-state index contributed by atoms with van der Waals surface area (Å²) in [6, 6.07) is 21.2. The lowest BCUT2D eigenvalue weighted by Crippen LogP contribution is -2.54. The summed E-state index contributed by atoms with van der Waals surface area (Å²) in [5.41, 5.74) is 8.83. The van der Waals surface area contributed by atoms with Crippen LogP contribution in [-0.2, 0) is 17.6 Å². The van der Waals surface area contributed by atoms with Gasteiger partial charge in [0.15, 0.2) is 0 Å². The SMILES string of the molecule is CC1(C)CN(C(=O)CC(Cc2ccccc2)Cc2ccccc2)CCC1N. The van der Waals surface area contributed by atoms with Crippen molar-refractivity contribution in [3.63, 3.8) is 0 Å². The molecule has 0 aromatic heterocycles. The molecule has 0 radical (unpaired) electrons. The summed E-state index contributed by atoms with van der Waals surface area (Å²) in [5, 5.41) is 0. The third-order valence-electron chi connectivity index (χ3n) is 5.86. The Bertz CT molecular complexity index is 685. The molecule has 0 bridgehead atoms. The molecule has 3 heteroatoms. The maximum absolute atomic E-state index is 13.1. The number of nitrogens with zero attached hydrogens (tertiary/aromatic N) is 1. The van der Waals surface area contributed by atoms with Gasteiger partial charge >= 0.3 is 0 Å². The van der Waals surface area contributed by atoms with E-state index in [1.54, 1.807) is 0 Å². The van der Waals surface area contributed by atoms with Gasteiger partial charge in [-0.2, -0.15) is 0 Å². The number of piperidine rings is 1. The number of likely N-dealkylation sites (tertiary alicyclic amines) is 1. The van der Waals surface area contributed by atoms with Crippen molar-refractivity contribution in [3.05, 3.63) is 71.8 Å². The van der Waals surface area contributed by atoms with E-state index in [1.165, 1.54) is 11.1 Å². The molecule has 0 aliphatic carbocycles. The maximum atomic E-state index is 13.1. The first-order chi connectivity index (χ1) is 12.9. The van der Waals surface area contributed by atoms with Crippen LogP contribution in [0.3, 0.4) is 0 Å². The number of carbonyl (C=O) groups excluding carboxylic acids is 1. The van der Waals surface area contributed by atoms with E-state index in [-0.39, 0.29) is 17.4 Å². The minimum Gasteiger partial charge on any atom is -0.342 e. The van der Waals surface area contributed by atoms with Gasteiger partial charge in [-0.3, -0.25) is 4.79 Å². The van der Waals surface area contributed by atoms with Crippen LogP contribution in [0.2, 0.25) is 0 Å². The van der Waals surface area contributed by atoms with Crippen molar-refractivity contribution in [1.29, 1.82) is 0 Å². The van der Waals surface area contributed by atoms with Crippen molar-refractivity contribution in [2.24, 2.45) is 17.1 Å². The summed E-state index contributed by atoms with van der Waals surface area (Å²) in [4.78, 5) is 15.1. The van der Waals surface area contributed by atoms with Gasteiger partial charge in [-0.15, -0.1) is 0 Å². The third-order valence-corrected chi connectivity index (χ3v) is 5.86. The molecule has 2 aromatic rings. The number of hydrogen-bond acceptors (Lipinski definition) is 2. The lowest BCUT2D eigenvalue weighted by molar-refractivity contribution is -0.135. The van der Waals surface area contributed by atoms with Gasteiger partial charge in [0, 0.05) is 25.6 Å². The van der Waals surface area contributed by atoms with E-state index in [2.05, 4.69) is 62.4 Å². The van der Waals surface area contributed by atoms with Crippen LogP contribution in [-0.4, -0.2) is 29.9 Å². The molecule has 1 atom stereocenters. The van der Waals surface area contributed by atoms with E-state index in [0.29, 0.717) is 12.3 Å². The normalized spacial score (nSPS) is 19.3. The molecular weight excluding hydrogens is 332 g/mol. The molecule has 1 aliphatic heterocycles. The summed E-state index contributed by atoms with van der Waals surface area (Å²) in [7, 11) is 0. The lowest BCUT2D eigenvalue weighted by atomic mass is 9.79. The van der Waals surface area contributed by atoms with Crippen molar-refractivity contribution in [1.82, 2.24) is 4.90 Å². The first-order valence-corrected chi connectivity index (χ1v) is 10.1. The second-order valence-electron chi connectivity index (χ2n) is 8.65. The molecule has 3 nitrogen and oxygen atoms in total. The van der Waals surface area contributed by atoms with Crippen LogP contribution in [0.25, 0.3) is 0 Å². The summed E-state index contributed by atoms with van der Waals surface area (Å²) in [6.07, 6.45) is 3.34. The van der Waals surface area contributed by atoms with E-state index in [4.69, 9.17) is 5.73 Å². The molecule has 1 heterocycles. The minimum atomic E-state index is -0.0116. The van der Waals surface area contributed by atoms with Crippen LogP contribution in [0.4, 0.5) is 0 Å². The molecule has 1 aliphatic rings. The van der Waals surface area contributed by atoms with Gasteiger partial charge in [-0.1, -0.05) is 74.5 Å². The van der Waals surface area contributed by atoms with Crippen molar-refractivity contribution in [2.45, 2.75) is 45.6 Å². The molecule has 3 rings (SSSR count).